The summed E-state index contributed by atoms with van der Waals surface area (Å²) in [5, 5.41) is 8.52. The second-order valence-electron chi connectivity index (χ2n) is 2.68. The van der Waals surface area contributed by atoms with E-state index in [0.29, 0.717) is 12.0 Å². The monoisotopic (exact) mass is 175 g/mol. The van der Waals surface area contributed by atoms with Crippen LogP contribution in [0.25, 0.3) is 6.08 Å². The molecule has 66 valence electrons. The molecule has 0 unspecified atom stereocenters. The first-order chi connectivity index (χ1) is 6.26. The predicted octanol–water partition coefficient (Wildman–Crippen LogP) is 3.28. The zero-order valence-electron chi connectivity index (χ0n) is 7.42. The number of hydrogen-bond donors (Lipinski definition) is 0. The molecule has 0 saturated heterocycles. The van der Waals surface area contributed by atoms with Crippen molar-refractivity contribution in [1.82, 2.24) is 0 Å². The normalized spacial score (nSPS) is 11.0. The van der Waals surface area contributed by atoms with Gasteiger partial charge in [0.2, 0.25) is 0 Å². The summed E-state index contributed by atoms with van der Waals surface area (Å²) >= 11 is 0. The van der Waals surface area contributed by atoms with Gasteiger partial charge in [-0.05, 0) is 30.2 Å². The van der Waals surface area contributed by atoms with E-state index >= 15 is 0 Å². The van der Waals surface area contributed by atoms with Gasteiger partial charge in [-0.25, -0.2) is 4.39 Å². The van der Waals surface area contributed by atoms with E-state index in [1.54, 1.807) is 31.2 Å². The van der Waals surface area contributed by atoms with E-state index < -0.39 is 0 Å². The van der Waals surface area contributed by atoms with Crippen molar-refractivity contribution in [3.63, 3.8) is 0 Å². The maximum Gasteiger partial charge on any atom is 0.100 e. The van der Waals surface area contributed by atoms with Crippen LogP contribution in [-0.2, 0) is 0 Å². The molecule has 0 aliphatic carbocycles. The van der Waals surface area contributed by atoms with Crippen molar-refractivity contribution in [3.05, 3.63) is 41.2 Å². The zero-order chi connectivity index (χ0) is 9.68. The van der Waals surface area contributed by atoms with Crippen LogP contribution in [0.5, 0.6) is 0 Å². The Labute approximate surface area is 77.1 Å². The average molecular weight is 175 g/mol. The molecule has 13 heavy (non-hydrogen) atoms. The van der Waals surface area contributed by atoms with Crippen LogP contribution in [0.2, 0.25) is 0 Å². The lowest BCUT2D eigenvalue weighted by molar-refractivity contribution is 0.612. The second-order valence-corrected chi connectivity index (χ2v) is 2.68. The molecule has 1 rings (SSSR count). The Kier molecular flexibility index (Phi) is 3.22. The summed E-state index contributed by atoms with van der Waals surface area (Å²) in [6.07, 6.45) is 1.88. The molecule has 0 N–H and O–H groups in total. The van der Waals surface area contributed by atoms with Gasteiger partial charge in [0.1, 0.15) is 5.83 Å². The maximum atomic E-state index is 12.8. The van der Waals surface area contributed by atoms with Crippen molar-refractivity contribution in [2.45, 2.75) is 13.3 Å². The topological polar surface area (TPSA) is 23.8 Å². The highest BCUT2D eigenvalue weighted by Gasteiger charge is 1.93. The van der Waals surface area contributed by atoms with Crippen LogP contribution in [0.15, 0.2) is 30.1 Å². The number of hydrogen-bond acceptors (Lipinski definition) is 1. The third-order valence-corrected chi connectivity index (χ3v) is 1.70. The quantitative estimate of drug-likeness (QED) is 0.676. The number of allylic oxidation sites excluding steroid dienone is 1. The van der Waals surface area contributed by atoms with Gasteiger partial charge >= 0.3 is 0 Å². The highest BCUT2D eigenvalue weighted by Crippen LogP contribution is 2.11. The van der Waals surface area contributed by atoms with Crippen LogP contribution < -0.4 is 0 Å². The molecule has 0 spiro atoms. The minimum atomic E-state index is -0.148. The van der Waals surface area contributed by atoms with Crippen molar-refractivity contribution in [3.8, 4) is 6.07 Å². The molecule has 0 fully saturated rings. The number of nitrogens with zero attached hydrogens (tertiary/aromatic N) is 1. The lowest BCUT2D eigenvalue weighted by atomic mass is 10.1. The highest BCUT2D eigenvalue weighted by atomic mass is 19.1. The van der Waals surface area contributed by atoms with Gasteiger partial charge < -0.3 is 0 Å². The van der Waals surface area contributed by atoms with Gasteiger partial charge in [-0.15, -0.1) is 0 Å². The summed E-state index contributed by atoms with van der Waals surface area (Å²) in [5.41, 5.74) is 1.38. The molecule has 1 nitrogen and oxygen atoms in total. The molecule has 0 heterocycles. The van der Waals surface area contributed by atoms with Crippen molar-refractivity contribution < 1.29 is 4.39 Å². The van der Waals surface area contributed by atoms with Crippen molar-refractivity contribution in [1.29, 1.82) is 5.26 Å². The van der Waals surface area contributed by atoms with Gasteiger partial charge in [0.25, 0.3) is 0 Å². The van der Waals surface area contributed by atoms with E-state index in [2.05, 4.69) is 0 Å². The minimum Gasteiger partial charge on any atom is -0.212 e. The van der Waals surface area contributed by atoms with Crippen molar-refractivity contribution in [2.24, 2.45) is 0 Å². The fourth-order valence-electron chi connectivity index (χ4n) is 0.937. The van der Waals surface area contributed by atoms with E-state index in [1.165, 1.54) is 6.08 Å². The van der Waals surface area contributed by atoms with Crippen LogP contribution in [0.4, 0.5) is 4.39 Å². The zero-order valence-corrected chi connectivity index (χ0v) is 7.42. The van der Waals surface area contributed by atoms with E-state index in [9.17, 15) is 4.39 Å². The molecule has 1 aromatic rings. The fraction of sp³-hybridized carbons (Fsp3) is 0.182. The smallest absolute Gasteiger partial charge is 0.100 e. The standard InChI is InChI=1S/C11H10FN/c1-2-11(12)7-9-3-5-10(8-13)6-4-9/h3-7H,2H2,1H3/b11-7-. The third kappa shape index (κ3) is 2.72. The van der Waals surface area contributed by atoms with Crippen LogP contribution in [-0.4, -0.2) is 0 Å². The molecular weight excluding hydrogens is 165 g/mol. The second kappa shape index (κ2) is 4.42. The molecule has 0 saturated carbocycles. The molecule has 0 bridgehead atoms. The van der Waals surface area contributed by atoms with Gasteiger partial charge in [0, 0.05) is 0 Å². The number of benzene rings is 1. The summed E-state index contributed by atoms with van der Waals surface area (Å²) in [4.78, 5) is 0. The van der Waals surface area contributed by atoms with E-state index in [0.717, 1.165) is 5.56 Å². The van der Waals surface area contributed by atoms with Crippen LogP contribution >= 0.6 is 0 Å². The average Bonchev–Trinajstić information content (AvgIpc) is 2.19. The molecule has 0 aliphatic heterocycles. The Bertz CT molecular complexity index is 343. The van der Waals surface area contributed by atoms with Crippen molar-refractivity contribution >= 4 is 6.08 Å². The molecule has 0 aliphatic rings. The third-order valence-electron chi connectivity index (χ3n) is 1.70. The van der Waals surface area contributed by atoms with Crippen LogP contribution in [0.3, 0.4) is 0 Å². The maximum absolute atomic E-state index is 12.8. The summed E-state index contributed by atoms with van der Waals surface area (Å²) in [6, 6.07) is 8.82. The molecule has 0 radical (unpaired) electrons. The van der Waals surface area contributed by atoms with Gasteiger partial charge in [-0.1, -0.05) is 19.1 Å². The number of rotatable bonds is 2. The van der Waals surface area contributed by atoms with E-state index in [1.807, 2.05) is 6.07 Å². The Morgan fingerprint density at radius 2 is 2.08 bits per heavy atom. The minimum absolute atomic E-state index is 0.148. The highest BCUT2D eigenvalue weighted by molar-refractivity contribution is 5.52. The van der Waals surface area contributed by atoms with Gasteiger partial charge in [0.05, 0.1) is 11.6 Å². The Morgan fingerprint density at radius 3 is 2.54 bits per heavy atom. The Balaban J connectivity index is 2.88. The Morgan fingerprint density at radius 1 is 1.46 bits per heavy atom. The number of halogens is 1. The van der Waals surface area contributed by atoms with Gasteiger partial charge in [-0.2, -0.15) is 5.26 Å². The van der Waals surface area contributed by atoms with Crippen molar-refractivity contribution in [2.75, 3.05) is 0 Å². The Hall–Kier alpha value is -1.62. The number of nitriles is 1. The molecular formula is C11H10FN. The molecule has 0 amide bonds. The molecule has 2 heteroatoms. The van der Waals surface area contributed by atoms with Gasteiger partial charge in [-0.3, -0.25) is 0 Å². The van der Waals surface area contributed by atoms with E-state index in [-0.39, 0.29) is 5.83 Å². The largest absolute Gasteiger partial charge is 0.212 e. The lowest BCUT2D eigenvalue weighted by Crippen LogP contribution is -1.76. The SMILES string of the molecule is CC/C(F)=C/c1ccc(C#N)cc1. The summed E-state index contributed by atoms with van der Waals surface area (Å²) in [6.45, 7) is 1.76. The first-order valence-corrected chi connectivity index (χ1v) is 4.12. The summed E-state index contributed by atoms with van der Waals surface area (Å²) in [7, 11) is 0. The fourth-order valence-corrected chi connectivity index (χ4v) is 0.937. The summed E-state index contributed by atoms with van der Waals surface area (Å²) < 4.78 is 12.8. The van der Waals surface area contributed by atoms with Crippen LogP contribution in [0.1, 0.15) is 24.5 Å². The lowest BCUT2D eigenvalue weighted by Gasteiger charge is -1.94. The first kappa shape index (κ1) is 9.47. The van der Waals surface area contributed by atoms with Gasteiger partial charge in [0.15, 0.2) is 0 Å². The molecule has 0 atom stereocenters. The van der Waals surface area contributed by atoms with E-state index in [4.69, 9.17) is 5.26 Å². The molecule has 1 aromatic carbocycles. The summed E-state index contributed by atoms with van der Waals surface area (Å²) in [5.74, 6) is -0.148. The first-order valence-electron chi connectivity index (χ1n) is 4.12. The molecule has 0 aromatic heterocycles. The predicted molar refractivity (Wildman–Crippen MR) is 50.5 cm³/mol. The van der Waals surface area contributed by atoms with Crippen LogP contribution in [0, 0.1) is 11.3 Å².